The number of fused-ring (bicyclic) bond motifs is 1. The van der Waals surface area contributed by atoms with Crippen LogP contribution in [0.15, 0.2) is 59.2 Å². The molecule has 1 N–H and O–H groups in total. The van der Waals surface area contributed by atoms with Crippen LogP contribution in [0.4, 0.5) is 14.5 Å². The standard InChI is InChI=1S/C21H16F2N2O3/c22-17-6-4-14(11-18(17)23)20(26)24-16-5-3-13-7-8-25(12-15(13)10-16)21(27)19-2-1-9-28-19/h1-6,9-11H,7-8,12H2,(H,24,26). The second-order valence-electron chi connectivity index (χ2n) is 6.52. The summed E-state index contributed by atoms with van der Waals surface area (Å²) in [5, 5.41) is 2.68. The third-order valence-corrected chi connectivity index (χ3v) is 4.68. The minimum Gasteiger partial charge on any atom is -0.459 e. The number of carbonyl (C=O) groups excluding carboxylic acids is 2. The van der Waals surface area contributed by atoms with E-state index in [4.69, 9.17) is 4.42 Å². The maximum absolute atomic E-state index is 13.3. The molecule has 0 unspecified atom stereocenters. The summed E-state index contributed by atoms with van der Waals surface area (Å²) < 4.78 is 31.5. The first kappa shape index (κ1) is 17.9. The van der Waals surface area contributed by atoms with E-state index in [1.165, 1.54) is 12.3 Å². The molecule has 0 aliphatic carbocycles. The van der Waals surface area contributed by atoms with Crippen molar-refractivity contribution < 1.29 is 22.8 Å². The van der Waals surface area contributed by atoms with Crippen LogP contribution in [0.25, 0.3) is 0 Å². The van der Waals surface area contributed by atoms with E-state index >= 15 is 0 Å². The van der Waals surface area contributed by atoms with Crippen LogP contribution in [-0.4, -0.2) is 23.3 Å². The fourth-order valence-corrected chi connectivity index (χ4v) is 3.20. The highest BCUT2D eigenvalue weighted by Crippen LogP contribution is 2.24. The Labute approximate surface area is 159 Å². The van der Waals surface area contributed by atoms with Gasteiger partial charge in [0.25, 0.3) is 11.8 Å². The van der Waals surface area contributed by atoms with Gasteiger partial charge < -0.3 is 14.6 Å². The molecule has 2 aromatic carbocycles. The lowest BCUT2D eigenvalue weighted by Crippen LogP contribution is -2.35. The van der Waals surface area contributed by atoms with Crippen molar-refractivity contribution in [3.8, 4) is 0 Å². The maximum atomic E-state index is 13.3. The van der Waals surface area contributed by atoms with Crippen LogP contribution in [-0.2, 0) is 13.0 Å². The summed E-state index contributed by atoms with van der Waals surface area (Å²) in [6, 6.07) is 11.7. The van der Waals surface area contributed by atoms with E-state index in [0.29, 0.717) is 25.2 Å². The maximum Gasteiger partial charge on any atom is 0.289 e. The van der Waals surface area contributed by atoms with Gasteiger partial charge in [-0.25, -0.2) is 8.78 Å². The van der Waals surface area contributed by atoms with Crippen molar-refractivity contribution in [2.75, 3.05) is 11.9 Å². The average Bonchev–Trinajstić information content (AvgIpc) is 3.23. The van der Waals surface area contributed by atoms with Gasteiger partial charge in [0.15, 0.2) is 17.4 Å². The van der Waals surface area contributed by atoms with E-state index in [9.17, 15) is 18.4 Å². The van der Waals surface area contributed by atoms with Crippen LogP contribution >= 0.6 is 0 Å². The van der Waals surface area contributed by atoms with Crippen molar-refractivity contribution in [1.82, 2.24) is 4.90 Å². The molecule has 7 heteroatoms. The van der Waals surface area contributed by atoms with Gasteiger partial charge in [0, 0.05) is 24.3 Å². The molecule has 1 aromatic heterocycles. The van der Waals surface area contributed by atoms with Crippen LogP contribution in [0.1, 0.15) is 32.0 Å². The van der Waals surface area contributed by atoms with Crippen LogP contribution in [0.5, 0.6) is 0 Å². The number of rotatable bonds is 3. The molecule has 0 radical (unpaired) electrons. The number of carbonyl (C=O) groups is 2. The number of hydrogen-bond acceptors (Lipinski definition) is 3. The van der Waals surface area contributed by atoms with Gasteiger partial charge >= 0.3 is 0 Å². The lowest BCUT2D eigenvalue weighted by atomic mass is 9.98. The van der Waals surface area contributed by atoms with E-state index in [-0.39, 0.29) is 17.2 Å². The lowest BCUT2D eigenvalue weighted by Gasteiger charge is -2.28. The Morgan fingerprint density at radius 3 is 2.61 bits per heavy atom. The van der Waals surface area contributed by atoms with Crippen molar-refractivity contribution in [2.24, 2.45) is 0 Å². The van der Waals surface area contributed by atoms with Crippen molar-refractivity contribution >= 4 is 17.5 Å². The summed E-state index contributed by atoms with van der Waals surface area (Å²) in [6.07, 6.45) is 2.15. The van der Waals surface area contributed by atoms with Crippen molar-refractivity contribution in [3.05, 3.63) is 88.9 Å². The predicted molar refractivity (Wildman–Crippen MR) is 97.9 cm³/mol. The number of halogens is 2. The van der Waals surface area contributed by atoms with E-state index in [0.717, 1.165) is 23.3 Å². The zero-order chi connectivity index (χ0) is 19.7. The number of amides is 2. The largest absolute Gasteiger partial charge is 0.459 e. The van der Waals surface area contributed by atoms with Gasteiger partial charge in [-0.05, 0) is 60.0 Å². The number of furan rings is 1. The van der Waals surface area contributed by atoms with Crippen LogP contribution in [0, 0.1) is 11.6 Å². The van der Waals surface area contributed by atoms with E-state index in [1.54, 1.807) is 29.2 Å². The Bertz CT molecular complexity index is 1050. The van der Waals surface area contributed by atoms with Gasteiger partial charge in [-0.1, -0.05) is 6.07 Å². The smallest absolute Gasteiger partial charge is 0.289 e. The van der Waals surface area contributed by atoms with Crippen LogP contribution in [0.3, 0.4) is 0 Å². The number of anilines is 1. The molecule has 0 fully saturated rings. The quantitative estimate of drug-likeness (QED) is 0.745. The highest BCUT2D eigenvalue weighted by atomic mass is 19.2. The Morgan fingerprint density at radius 2 is 1.86 bits per heavy atom. The molecule has 0 bridgehead atoms. The molecule has 142 valence electrons. The number of nitrogens with one attached hydrogen (secondary N) is 1. The van der Waals surface area contributed by atoms with Crippen molar-refractivity contribution in [2.45, 2.75) is 13.0 Å². The molecular formula is C21H16F2N2O3. The second-order valence-corrected chi connectivity index (χ2v) is 6.52. The molecule has 1 aliphatic rings. The Kier molecular flexibility index (Phi) is 4.65. The summed E-state index contributed by atoms with van der Waals surface area (Å²) in [4.78, 5) is 26.5. The third-order valence-electron chi connectivity index (χ3n) is 4.68. The second kappa shape index (κ2) is 7.26. The Hall–Kier alpha value is -3.48. The van der Waals surface area contributed by atoms with Gasteiger partial charge in [0.05, 0.1) is 6.26 Å². The first-order chi connectivity index (χ1) is 13.5. The van der Waals surface area contributed by atoms with E-state index < -0.39 is 17.5 Å². The van der Waals surface area contributed by atoms with Crippen molar-refractivity contribution in [3.63, 3.8) is 0 Å². The zero-order valence-corrected chi connectivity index (χ0v) is 14.7. The topological polar surface area (TPSA) is 62.6 Å². The molecule has 5 nitrogen and oxygen atoms in total. The van der Waals surface area contributed by atoms with Gasteiger partial charge in [0.2, 0.25) is 0 Å². The molecule has 28 heavy (non-hydrogen) atoms. The van der Waals surface area contributed by atoms with Crippen molar-refractivity contribution in [1.29, 1.82) is 0 Å². The zero-order valence-electron chi connectivity index (χ0n) is 14.7. The normalized spacial score (nSPS) is 13.1. The summed E-state index contributed by atoms with van der Waals surface area (Å²) in [7, 11) is 0. The first-order valence-electron chi connectivity index (χ1n) is 8.72. The van der Waals surface area contributed by atoms with Crippen LogP contribution in [0.2, 0.25) is 0 Å². The SMILES string of the molecule is O=C(Nc1ccc2c(c1)CN(C(=O)c1ccco1)CC2)c1ccc(F)c(F)c1. The fraction of sp³-hybridized carbons (Fsp3) is 0.143. The summed E-state index contributed by atoms with van der Waals surface area (Å²) in [6.45, 7) is 0.969. The highest BCUT2D eigenvalue weighted by Gasteiger charge is 2.23. The average molecular weight is 382 g/mol. The molecule has 0 saturated heterocycles. The van der Waals surface area contributed by atoms with Gasteiger partial charge in [-0.2, -0.15) is 0 Å². The Morgan fingerprint density at radius 1 is 1.00 bits per heavy atom. The molecule has 3 aromatic rings. The lowest BCUT2D eigenvalue weighted by molar-refractivity contribution is 0.0702. The third kappa shape index (κ3) is 3.51. The van der Waals surface area contributed by atoms with Crippen LogP contribution < -0.4 is 5.32 Å². The minimum atomic E-state index is -1.08. The van der Waals surface area contributed by atoms with Gasteiger partial charge in [-0.15, -0.1) is 0 Å². The molecule has 4 rings (SSSR count). The highest BCUT2D eigenvalue weighted by molar-refractivity contribution is 6.04. The molecule has 2 amide bonds. The summed E-state index contributed by atoms with van der Waals surface area (Å²) in [5.74, 6) is -2.53. The Balaban J connectivity index is 1.50. The monoisotopic (exact) mass is 382 g/mol. The van der Waals surface area contributed by atoms with E-state index in [2.05, 4.69) is 5.32 Å². The fourth-order valence-electron chi connectivity index (χ4n) is 3.20. The number of benzene rings is 2. The molecule has 1 aliphatic heterocycles. The molecular weight excluding hydrogens is 366 g/mol. The first-order valence-corrected chi connectivity index (χ1v) is 8.72. The number of hydrogen-bond donors (Lipinski definition) is 1. The minimum absolute atomic E-state index is 0.0197. The summed E-state index contributed by atoms with van der Waals surface area (Å²) >= 11 is 0. The van der Waals surface area contributed by atoms with Gasteiger partial charge in [0.1, 0.15) is 0 Å². The molecule has 0 spiro atoms. The molecule has 0 saturated carbocycles. The van der Waals surface area contributed by atoms with Gasteiger partial charge in [-0.3, -0.25) is 9.59 Å². The molecule has 0 atom stereocenters. The number of nitrogens with zero attached hydrogens (tertiary/aromatic N) is 1. The van der Waals surface area contributed by atoms with E-state index in [1.807, 2.05) is 6.07 Å². The summed E-state index contributed by atoms with van der Waals surface area (Å²) in [5.41, 5.74) is 2.54. The predicted octanol–water partition coefficient (Wildman–Crippen LogP) is 4.01. The molecule has 2 heterocycles.